The van der Waals surface area contributed by atoms with Crippen molar-refractivity contribution < 1.29 is 9.53 Å². The van der Waals surface area contributed by atoms with Crippen LogP contribution in [0.2, 0.25) is 5.15 Å². The normalized spacial score (nSPS) is 10.4. The zero-order valence-electron chi connectivity index (χ0n) is 7.61. The summed E-state index contributed by atoms with van der Waals surface area (Å²) >= 11 is 5.53. The van der Waals surface area contributed by atoms with E-state index in [2.05, 4.69) is 14.9 Å². The SMILES string of the molecule is CCOC(=O)C=Cc1ccc(Cl)nn1. The highest BCUT2D eigenvalue weighted by atomic mass is 35.5. The minimum absolute atomic E-state index is 0.318. The van der Waals surface area contributed by atoms with Crippen LogP contribution in [-0.2, 0) is 9.53 Å². The minimum atomic E-state index is -0.399. The second-order valence-electron chi connectivity index (χ2n) is 2.37. The van der Waals surface area contributed by atoms with Crippen LogP contribution in [0.5, 0.6) is 0 Å². The average Bonchev–Trinajstić information content (AvgIpc) is 2.17. The molecule has 74 valence electrons. The molecule has 1 aromatic rings. The van der Waals surface area contributed by atoms with Gasteiger partial charge in [0, 0.05) is 6.08 Å². The molecule has 1 aromatic heterocycles. The van der Waals surface area contributed by atoms with Crippen molar-refractivity contribution in [2.45, 2.75) is 6.92 Å². The number of carbonyl (C=O) groups is 1. The van der Waals surface area contributed by atoms with Crippen molar-refractivity contribution in [2.24, 2.45) is 0 Å². The molecule has 0 aliphatic rings. The van der Waals surface area contributed by atoms with Crippen LogP contribution < -0.4 is 0 Å². The highest BCUT2D eigenvalue weighted by Gasteiger charge is 1.95. The number of hydrogen-bond donors (Lipinski definition) is 0. The van der Waals surface area contributed by atoms with Gasteiger partial charge in [0.1, 0.15) is 0 Å². The van der Waals surface area contributed by atoms with Gasteiger partial charge in [-0.25, -0.2) is 4.79 Å². The summed E-state index contributed by atoms with van der Waals surface area (Å²) in [5, 5.41) is 7.67. The minimum Gasteiger partial charge on any atom is -0.463 e. The number of halogens is 1. The molecule has 0 spiro atoms. The molecule has 0 saturated carbocycles. The van der Waals surface area contributed by atoms with Crippen molar-refractivity contribution in [3.05, 3.63) is 29.1 Å². The van der Waals surface area contributed by atoms with Gasteiger partial charge < -0.3 is 4.74 Å². The predicted octanol–water partition coefficient (Wildman–Crippen LogP) is 1.71. The summed E-state index contributed by atoms with van der Waals surface area (Å²) in [5.41, 5.74) is 0.558. The number of hydrogen-bond acceptors (Lipinski definition) is 4. The summed E-state index contributed by atoms with van der Waals surface area (Å²) in [7, 11) is 0. The van der Waals surface area contributed by atoms with Crippen LogP contribution in [0.15, 0.2) is 18.2 Å². The first-order valence-corrected chi connectivity index (χ1v) is 4.44. The zero-order valence-corrected chi connectivity index (χ0v) is 8.36. The van der Waals surface area contributed by atoms with E-state index in [4.69, 9.17) is 11.6 Å². The summed E-state index contributed by atoms with van der Waals surface area (Å²) in [6.07, 6.45) is 2.81. The molecule has 1 rings (SSSR count). The van der Waals surface area contributed by atoms with Crippen LogP contribution in [0.3, 0.4) is 0 Å². The first-order chi connectivity index (χ1) is 6.72. The van der Waals surface area contributed by atoms with Crippen molar-refractivity contribution in [3.63, 3.8) is 0 Å². The number of carbonyl (C=O) groups excluding carboxylic acids is 1. The summed E-state index contributed by atoms with van der Waals surface area (Å²) < 4.78 is 4.69. The van der Waals surface area contributed by atoms with Crippen LogP contribution in [-0.4, -0.2) is 22.8 Å². The molecule has 0 aliphatic heterocycles. The first-order valence-electron chi connectivity index (χ1n) is 4.06. The van der Waals surface area contributed by atoms with E-state index < -0.39 is 5.97 Å². The topological polar surface area (TPSA) is 52.1 Å². The van der Waals surface area contributed by atoms with E-state index in [1.54, 1.807) is 19.1 Å². The predicted molar refractivity (Wildman–Crippen MR) is 52.7 cm³/mol. The van der Waals surface area contributed by atoms with Crippen molar-refractivity contribution in [1.82, 2.24) is 10.2 Å². The van der Waals surface area contributed by atoms with Crippen LogP contribution >= 0.6 is 11.6 Å². The Kier molecular flexibility index (Phi) is 4.07. The Morgan fingerprint density at radius 2 is 2.36 bits per heavy atom. The molecule has 0 radical (unpaired) electrons. The fourth-order valence-electron chi connectivity index (χ4n) is 0.759. The Morgan fingerprint density at radius 3 is 2.93 bits per heavy atom. The number of rotatable bonds is 3. The van der Waals surface area contributed by atoms with Gasteiger partial charge >= 0.3 is 5.97 Å². The van der Waals surface area contributed by atoms with E-state index in [1.807, 2.05) is 0 Å². The largest absolute Gasteiger partial charge is 0.463 e. The van der Waals surface area contributed by atoms with Gasteiger partial charge in [-0.15, -0.1) is 10.2 Å². The van der Waals surface area contributed by atoms with Gasteiger partial charge in [0.05, 0.1) is 12.3 Å². The standard InChI is InChI=1S/C9H9ClN2O2/c1-2-14-9(13)6-4-7-3-5-8(10)12-11-7/h3-6H,2H2,1H3. The molecule has 0 aromatic carbocycles. The third-order valence-corrected chi connectivity index (χ3v) is 1.53. The Bertz CT molecular complexity index is 335. The number of nitrogens with zero attached hydrogens (tertiary/aromatic N) is 2. The third kappa shape index (κ3) is 3.53. The molecule has 0 atom stereocenters. The molecule has 0 fully saturated rings. The Morgan fingerprint density at radius 1 is 1.57 bits per heavy atom. The van der Waals surface area contributed by atoms with Crippen LogP contribution in [0.4, 0.5) is 0 Å². The molecule has 0 unspecified atom stereocenters. The monoisotopic (exact) mass is 212 g/mol. The lowest BCUT2D eigenvalue weighted by molar-refractivity contribution is -0.137. The molecule has 14 heavy (non-hydrogen) atoms. The lowest BCUT2D eigenvalue weighted by atomic mass is 10.3. The number of ether oxygens (including phenoxy) is 1. The zero-order chi connectivity index (χ0) is 10.4. The van der Waals surface area contributed by atoms with Crippen molar-refractivity contribution in [1.29, 1.82) is 0 Å². The summed E-state index contributed by atoms with van der Waals surface area (Å²) in [6, 6.07) is 3.25. The highest BCUT2D eigenvalue weighted by molar-refractivity contribution is 6.29. The molecule has 5 heteroatoms. The molecule has 4 nitrogen and oxygen atoms in total. The maximum absolute atomic E-state index is 10.9. The summed E-state index contributed by atoms with van der Waals surface area (Å²) in [6.45, 7) is 2.10. The molecule has 0 bridgehead atoms. The molecule has 0 saturated heterocycles. The van der Waals surface area contributed by atoms with Crippen LogP contribution in [0, 0.1) is 0 Å². The fraction of sp³-hybridized carbons (Fsp3) is 0.222. The summed E-state index contributed by atoms with van der Waals surface area (Å²) in [4.78, 5) is 10.9. The van der Waals surface area contributed by atoms with E-state index >= 15 is 0 Å². The van der Waals surface area contributed by atoms with E-state index in [0.717, 1.165) is 0 Å². The van der Waals surface area contributed by atoms with Crippen LogP contribution in [0.25, 0.3) is 6.08 Å². The Labute approximate surface area is 86.6 Å². The van der Waals surface area contributed by atoms with Gasteiger partial charge in [0.15, 0.2) is 5.15 Å². The second kappa shape index (κ2) is 5.34. The molecular formula is C9H9ClN2O2. The maximum Gasteiger partial charge on any atom is 0.330 e. The fourth-order valence-corrected chi connectivity index (χ4v) is 0.860. The lowest BCUT2D eigenvalue weighted by Gasteiger charge is -1.94. The highest BCUT2D eigenvalue weighted by Crippen LogP contribution is 2.03. The van der Waals surface area contributed by atoms with E-state index in [0.29, 0.717) is 17.5 Å². The molecule has 0 amide bonds. The number of esters is 1. The lowest BCUT2D eigenvalue weighted by Crippen LogP contribution is -1.98. The van der Waals surface area contributed by atoms with Gasteiger partial charge in [-0.3, -0.25) is 0 Å². The summed E-state index contributed by atoms with van der Waals surface area (Å²) in [5.74, 6) is -0.399. The molecule has 0 N–H and O–H groups in total. The van der Waals surface area contributed by atoms with Crippen LogP contribution in [0.1, 0.15) is 12.6 Å². The maximum atomic E-state index is 10.9. The van der Waals surface area contributed by atoms with Gasteiger partial charge in [-0.05, 0) is 25.1 Å². The average molecular weight is 213 g/mol. The third-order valence-electron chi connectivity index (χ3n) is 1.33. The quantitative estimate of drug-likeness (QED) is 0.565. The van der Waals surface area contributed by atoms with E-state index in [1.165, 1.54) is 12.2 Å². The van der Waals surface area contributed by atoms with Gasteiger partial charge in [0.2, 0.25) is 0 Å². The smallest absolute Gasteiger partial charge is 0.330 e. The van der Waals surface area contributed by atoms with Gasteiger partial charge in [-0.2, -0.15) is 0 Å². The Balaban J connectivity index is 2.60. The molecule has 1 heterocycles. The molecule has 0 aliphatic carbocycles. The van der Waals surface area contributed by atoms with Crippen molar-refractivity contribution in [2.75, 3.05) is 6.61 Å². The first kappa shape index (κ1) is 10.7. The Hall–Kier alpha value is -1.42. The molecular weight excluding hydrogens is 204 g/mol. The van der Waals surface area contributed by atoms with Crippen molar-refractivity contribution >= 4 is 23.6 Å². The second-order valence-corrected chi connectivity index (χ2v) is 2.75. The number of aromatic nitrogens is 2. The van der Waals surface area contributed by atoms with E-state index in [9.17, 15) is 4.79 Å². The van der Waals surface area contributed by atoms with Crippen molar-refractivity contribution in [3.8, 4) is 0 Å². The van der Waals surface area contributed by atoms with Gasteiger partial charge in [0.25, 0.3) is 0 Å². The van der Waals surface area contributed by atoms with E-state index in [-0.39, 0.29) is 0 Å². The van der Waals surface area contributed by atoms with Gasteiger partial charge in [-0.1, -0.05) is 11.6 Å².